The van der Waals surface area contributed by atoms with Gasteiger partial charge in [0.1, 0.15) is 5.69 Å². The van der Waals surface area contributed by atoms with Crippen LogP contribution in [-0.4, -0.2) is 16.1 Å². The number of pyridine rings is 1. The first kappa shape index (κ1) is 11.6. The van der Waals surface area contributed by atoms with Gasteiger partial charge in [-0.1, -0.05) is 11.6 Å². The highest BCUT2D eigenvalue weighted by molar-refractivity contribution is 6.34. The molecule has 0 bridgehead atoms. The Hall–Kier alpha value is -1.43. The van der Waals surface area contributed by atoms with E-state index in [-0.39, 0.29) is 16.3 Å². The monoisotopic (exact) mass is 236 g/mol. The van der Waals surface area contributed by atoms with Gasteiger partial charge >= 0.3 is 5.97 Å². The molecule has 0 fully saturated rings. The van der Waals surface area contributed by atoms with Gasteiger partial charge in [-0.3, -0.25) is 9.78 Å². The number of nitrogens with zero attached hydrogens (tertiary/aromatic N) is 1. The quantitative estimate of drug-likeness (QED) is 0.840. The van der Waals surface area contributed by atoms with E-state index >= 15 is 0 Å². The molecule has 0 aliphatic heterocycles. The normalized spacial score (nSPS) is 10.7. The van der Waals surface area contributed by atoms with Crippen LogP contribution in [0.5, 0.6) is 0 Å². The number of carboxylic acid groups (broad SMARTS) is 1. The van der Waals surface area contributed by atoms with Gasteiger partial charge in [-0.25, -0.2) is 8.78 Å². The van der Waals surface area contributed by atoms with Crippen LogP contribution in [0.1, 0.15) is 17.7 Å². The van der Waals surface area contributed by atoms with Crippen LogP contribution in [0, 0.1) is 0 Å². The number of halogens is 3. The summed E-state index contributed by atoms with van der Waals surface area (Å²) >= 11 is 5.62. The molecule has 4 nitrogen and oxygen atoms in total. The van der Waals surface area contributed by atoms with E-state index < -0.39 is 24.5 Å². The van der Waals surface area contributed by atoms with E-state index in [1.807, 2.05) is 0 Å². The van der Waals surface area contributed by atoms with Crippen molar-refractivity contribution in [2.24, 2.45) is 0 Å². The molecule has 0 atom stereocenters. The van der Waals surface area contributed by atoms with Crippen LogP contribution in [0.2, 0.25) is 5.02 Å². The number of carboxylic acids is 1. The van der Waals surface area contributed by atoms with Crippen molar-refractivity contribution in [3.05, 3.63) is 22.5 Å². The van der Waals surface area contributed by atoms with Crippen LogP contribution in [0.4, 0.5) is 14.5 Å². The van der Waals surface area contributed by atoms with E-state index in [2.05, 4.69) is 4.98 Å². The zero-order valence-electron chi connectivity index (χ0n) is 7.38. The van der Waals surface area contributed by atoms with Gasteiger partial charge in [0.15, 0.2) is 0 Å². The Balaban J connectivity index is 3.28. The number of carbonyl (C=O) groups is 1. The summed E-state index contributed by atoms with van der Waals surface area (Å²) in [5, 5.41) is 8.34. The fourth-order valence-electron chi connectivity index (χ4n) is 1.07. The summed E-state index contributed by atoms with van der Waals surface area (Å²) in [6, 6.07) is 0. The SMILES string of the molecule is Nc1cnc(C(F)F)c(CC(=O)O)c1Cl. The standard InChI is InChI=1S/C8H7ClF2N2O2/c9-6-3(1-5(14)15)7(8(10)11)13-2-4(6)12/h2,8H,1,12H2,(H,14,15). The molecule has 0 spiro atoms. The van der Waals surface area contributed by atoms with Gasteiger partial charge in [0.2, 0.25) is 0 Å². The van der Waals surface area contributed by atoms with Gasteiger partial charge in [0.25, 0.3) is 6.43 Å². The fraction of sp³-hybridized carbons (Fsp3) is 0.250. The Morgan fingerprint density at radius 1 is 1.67 bits per heavy atom. The Labute approximate surface area is 88.7 Å². The number of alkyl halides is 2. The number of nitrogen functional groups attached to an aromatic ring is 1. The number of anilines is 1. The van der Waals surface area contributed by atoms with E-state index in [0.29, 0.717) is 0 Å². The van der Waals surface area contributed by atoms with Crippen molar-refractivity contribution in [2.75, 3.05) is 5.73 Å². The van der Waals surface area contributed by atoms with Crippen molar-refractivity contribution in [1.29, 1.82) is 0 Å². The highest BCUT2D eigenvalue weighted by atomic mass is 35.5. The Morgan fingerprint density at radius 3 is 2.73 bits per heavy atom. The molecule has 0 radical (unpaired) electrons. The predicted octanol–water partition coefficient (Wildman–Crippen LogP) is 1.88. The first-order valence-corrected chi connectivity index (χ1v) is 4.24. The van der Waals surface area contributed by atoms with E-state index in [9.17, 15) is 13.6 Å². The maximum Gasteiger partial charge on any atom is 0.307 e. The van der Waals surface area contributed by atoms with Crippen molar-refractivity contribution in [3.63, 3.8) is 0 Å². The molecule has 1 heterocycles. The van der Waals surface area contributed by atoms with Gasteiger partial charge in [-0.15, -0.1) is 0 Å². The summed E-state index contributed by atoms with van der Waals surface area (Å²) in [7, 11) is 0. The van der Waals surface area contributed by atoms with E-state index in [0.717, 1.165) is 6.20 Å². The zero-order valence-corrected chi connectivity index (χ0v) is 8.13. The molecule has 0 amide bonds. The topological polar surface area (TPSA) is 76.2 Å². The summed E-state index contributed by atoms with van der Waals surface area (Å²) in [5.74, 6) is -1.27. The largest absolute Gasteiger partial charge is 0.481 e. The van der Waals surface area contributed by atoms with Gasteiger partial charge in [-0.05, 0) is 0 Å². The molecule has 82 valence electrons. The highest BCUT2D eigenvalue weighted by Gasteiger charge is 2.20. The van der Waals surface area contributed by atoms with Crippen molar-refractivity contribution >= 4 is 23.3 Å². The molecule has 15 heavy (non-hydrogen) atoms. The number of hydrogen-bond donors (Lipinski definition) is 2. The third kappa shape index (κ3) is 2.53. The minimum atomic E-state index is -2.88. The van der Waals surface area contributed by atoms with Crippen LogP contribution in [-0.2, 0) is 11.2 Å². The third-order valence-corrected chi connectivity index (χ3v) is 2.15. The van der Waals surface area contributed by atoms with Crippen molar-refractivity contribution in [3.8, 4) is 0 Å². The van der Waals surface area contributed by atoms with Gasteiger partial charge in [0.05, 0.1) is 23.3 Å². The van der Waals surface area contributed by atoms with Crippen molar-refractivity contribution in [2.45, 2.75) is 12.8 Å². The van der Waals surface area contributed by atoms with Crippen molar-refractivity contribution < 1.29 is 18.7 Å². The second-order valence-corrected chi connectivity index (χ2v) is 3.14. The molecule has 1 rings (SSSR count). The number of aliphatic carboxylic acids is 1. The third-order valence-electron chi connectivity index (χ3n) is 1.71. The smallest absolute Gasteiger partial charge is 0.307 e. The summed E-state index contributed by atoms with van der Waals surface area (Å²) in [6.07, 6.45) is -2.52. The summed E-state index contributed by atoms with van der Waals surface area (Å²) in [6.45, 7) is 0. The highest BCUT2D eigenvalue weighted by Crippen LogP contribution is 2.30. The molecule has 0 unspecified atom stereocenters. The van der Waals surface area contributed by atoms with Crippen LogP contribution in [0.15, 0.2) is 6.20 Å². The molecule has 0 saturated carbocycles. The zero-order chi connectivity index (χ0) is 11.6. The minimum Gasteiger partial charge on any atom is -0.481 e. The molecule has 0 aliphatic rings. The lowest BCUT2D eigenvalue weighted by atomic mass is 10.1. The molecule has 7 heteroatoms. The number of rotatable bonds is 3. The minimum absolute atomic E-state index is 0.0164. The molecule has 3 N–H and O–H groups in total. The molecule has 1 aromatic heterocycles. The van der Waals surface area contributed by atoms with E-state index in [1.165, 1.54) is 0 Å². The van der Waals surface area contributed by atoms with E-state index in [1.54, 1.807) is 0 Å². The Kier molecular flexibility index (Phi) is 3.41. The Morgan fingerprint density at radius 2 is 2.27 bits per heavy atom. The first-order valence-electron chi connectivity index (χ1n) is 3.86. The maximum atomic E-state index is 12.4. The lowest BCUT2D eigenvalue weighted by molar-refractivity contribution is -0.136. The lowest BCUT2D eigenvalue weighted by Gasteiger charge is -2.09. The van der Waals surface area contributed by atoms with Gasteiger partial charge in [0, 0.05) is 5.56 Å². The Bertz CT molecular complexity index is 398. The second-order valence-electron chi connectivity index (χ2n) is 2.76. The summed E-state index contributed by atoms with van der Waals surface area (Å²) in [4.78, 5) is 13.8. The van der Waals surface area contributed by atoms with Crippen molar-refractivity contribution in [1.82, 2.24) is 4.98 Å². The van der Waals surface area contributed by atoms with Crippen LogP contribution in [0.3, 0.4) is 0 Å². The number of hydrogen-bond acceptors (Lipinski definition) is 3. The van der Waals surface area contributed by atoms with E-state index in [4.69, 9.17) is 22.4 Å². The number of aromatic nitrogens is 1. The maximum absolute atomic E-state index is 12.4. The summed E-state index contributed by atoms with van der Waals surface area (Å²) in [5.41, 5.74) is 4.44. The second kappa shape index (κ2) is 4.39. The fourth-order valence-corrected chi connectivity index (χ4v) is 1.28. The lowest BCUT2D eigenvalue weighted by Crippen LogP contribution is -2.08. The van der Waals surface area contributed by atoms with Crippen LogP contribution >= 0.6 is 11.6 Å². The van der Waals surface area contributed by atoms with Crippen LogP contribution in [0.25, 0.3) is 0 Å². The molecule has 1 aromatic rings. The van der Waals surface area contributed by atoms with Crippen LogP contribution < -0.4 is 5.73 Å². The van der Waals surface area contributed by atoms with Gasteiger partial charge in [-0.2, -0.15) is 0 Å². The molecule has 0 aromatic carbocycles. The average Bonchev–Trinajstić information content (AvgIpc) is 2.12. The molecule has 0 saturated heterocycles. The molecule has 0 aliphatic carbocycles. The van der Waals surface area contributed by atoms with Gasteiger partial charge < -0.3 is 10.8 Å². The first-order chi connectivity index (χ1) is 6.93. The average molecular weight is 237 g/mol. The number of nitrogens with two attached hydrogens (primary N) is 1. The molecular weight excluding hydrogens is 230 g/mol. The molecular formula is C8H7ClF2N2O2. The predicted molar refractivity (Wildman–Crippen MR) is 50.0 cm³/mol. The summed E-state index contributed by atoms with van der Waals surface area (Å²) < 4.78 is 24.9.